The molecule has 0 fully saturated rings. The fraction of sp³-hybridized carbons (Fsp3) is 0.417. The molecule has 0 aliphatic rings. The Kier molecular flexibility index (Phi) is 3.57. The van der Waals surface area contributed by atoms with E-state index in [-0.39, 0.29) is 11.2 Å². The van der Waals surface area contributed by atoms with E-state index in [9.17, 15) is 8.78 Å². The molecule has 0 saturated carbocycles. The molecule has 1 heterocycles. The molecule has 0 aliphatic carbocycles. The number of rotatable bonds is 3. The van der Waals surface area contributed by atoms with Crippen molar-refractivity contribution in [2.75, 3.05) is 0 Å². The van der Waals surface area contributed by atoms with Gasteiger partial charge in [0.2, 0.25) is 0 Å². The minimum absolute atomic E-state index is 0.00397. The van der Waals surface area contributed by atoms with E-state index in [1.54, 1.807) is 0 Å². The number of halogens is 2. The van der Waals surface area contributed by atoms with Crippen LogP contribution < -0.4 is 5.32 Å². The molecule has 19 heavy (non-hydrogen) atoms. The van der Waals surface area contributed by atoms with Crippen molar-refractivity contribution < 1.29 is 8.78 Å². The summed E-state index contributed by atoms with van der Waals surface area (Å²) in [7, 11) is 0. The molecule has 0 saturated heterocycles. The Morgan fingerprint density at radius 1 is 1.26 bits per heavy atom. The van der Waals surface area contributed by atoms with Crippen LogP contribution in [-0.4, -0.2) is 25.7 Å². The molecule has 0 atom stereocenters. The summed E-state index contributed by atoms with van der Waals surface area (Å²) in [6, 6.07) is 3.89. The average Bonchev–Trinajstić information content (AvgIpc) is 2.77. The second kappa shape index (κ2) is 5.00. The van der Waals surface area contributed by atoms with E-state index < -0.39 is 11.6 Å². The van der Waals surface area contributed by atoms with E-state index in [1.165, 1.54) is 16.8 Å². The van der Waals surface area contributed by atoms with Gasteiger partial charge < -0.3 is 5.32 Å². The standard InChI is InChI=1S/C12H15F2N5/c1-12(2,3)15-7-10-16-17-18-19(10)9-6-4-5-8(13)11(9)14/h4-6,15H,7H2,1-3H3. The Hall–Kier alpha value is -1.89. The van der Waals surface area contributed by atoms with Crippen molar-refractivity contribution in [3.63, 3.8) is 0 Å². The van der Waals surface area contributed by atoms with E-state index >= 15 is 0 Å². The molecule has 102 valence electrons. The predicted octanol–water partition coefficient (Wildman–Crippen LogP) is 1.83. The van der Waals surface area contributed by atoms with Gasteiger partial charge in [0.25, 0.3) is 0 Å². The van der Waals surface area contributed by atoms with E-state index in [1.807, 2.05) is 20.8 Å². The van der Waals surface area contributed by atoms with E-state index in [0.29, 0.717) is 12.4 Å². The number of hydrogen-bond donors (Lipinski definition) is 1. The second-order valence-electron chi connectivity index (χ2n) is 5.18. The summed E-state index contributed by atoms with van der Waals surface area (Å²) < 4.78 is 28.1. The molecule has 2 aromatic rings. The third kappa shape index (κ3) is 3.11. The van der Waals surface area contributed by atoms with Crippen molar-refractivity contribution in [1.29, 1.82) is 0 Å². The summed E-state index contributed by atoms with van der Waals surface area (Å²) in [4.78, 5) is 0. The smallest absolute Gasteiger partial charge is 0.184 e. The molecule has 1 aromatic carbocycles. The first kappa shape index (κ1) is 13.5. The van der Waals surface area contributed by atoms with E-state index in [4.69, 9.17) is 0 Å². The van der Waals surface area contributed by atoms with Crippen LogP contribution in [0.5, 0.6) is 0 Å². The van der Waals surface area contributed by atoms with E-state index in [0.717, 1.165) is 6.07 Å². The van der Waals surface area contributed by atoms with Crippen LogP contribution in [0.3, 0.4) is 0 Å². The summed E-state index contributed by atoms with van der Waals surface area (Å²) in [6.45, 7) is 6.32. The van der Waals surface area contributed by atoms with Crippen LogP contribution in [0.15, 0.2) is 18.2 Å². The summed E-state index contributed by atoms with van der Waals surface area (Å²) in [5.74, 6) is -1.48. The minimum Gasteiger partial charge on any atom is -0.305 e. The Balaban J connectivity index is 2.31. The maximum atomic E-state index is 13.7. The zero-order valence-electron chi connectivity index (χ0n) is 11.0. The minimum atomic E-state index is -0.966. The normalized spacial score (nSPS) is 11.8. The third-order valence-corrected chi connectivity index (χ3v) is 2.47. The highest BCUT2D eigenvalue weighted by Gasteiger charge is 2.17. The van der Waals surface area contributed by atoms with Crippen LogP contribution in [0.4, 0.5) is 8.78 Å². The number of aromatic nitrogens is 4. The number of nitrogens with zero attached hydrogens (tertiary/aromatic N) is 4. The van der Waals surface area contributed by atoms with Gasteiger partial charge in [0.05, 0.1) is 6.54 Å². The molecule has 0 bridgehead atoms. The number of benzene rings is 1. The van der Waals surface area contributed by atoms with Crippen molar-refractivity contribution in [3.05, 3.63) is 35.7 Å². The molecular formula is C12H15F2N5. The van der Waals surface area contributed by atoms with Gasteiger partial charge in [-0.15, -0.1) is 5.10 Å². The van der Waals surface area contributed by atoms with Crippen molar-refractivity contribution in [1.82, 2.24) is 25.5 Å². The Morgan fingerprint density at radius 3 is 2.68 bits per heavy atom. The van der Waals surface area contributed by atoms with E-state index in [2.05, 4.69) is 20.8 Å². The molecule has 0 unspecified atom stereocenters. The van der Waals surface area contributed by atoms with Gasteiger partial charge in [0.15, 0.2) is 17.5 Å². The van der Waals surface area contributed by atoms with Crippen LogP contribution in [0.2, 0.25) is 0 Å². The SMILES string of the molecule is CC(C)(C)NCc1nnnn1-c1cccc(F)c1F. The lowest BCUT2D eigenvalue weighted by atomic mass is 10.1. The first-order valence-corrected chi connectivity index (χ1v) is 5.85. The number of nitrogens with one attached hydrogen (secondary N) is 1. The number of hydrogen-bond acceptors (Lipinski definition) is 4. The van der Waals surface area contributed by atoms with Gasteiger partial charge in [-0.1, -0.05) is 6.07 Å². The zero-order valence-corrected chi connectivity index (χ0v) is 11.0. The van der Waals surface area contributed by atoms with Gasteiger partial charge in [-0.05, 0) is 43.3 Å². The van der Waals surface area contributed by atoms with Crippen molar-refractivity contribution in [2.24, 2.45) is 0 Å². The number of tetrazole rings is 1. The van der Waals surface area contributed by atoms with Crippen molar-refractivity contribution >= 4 is 0 Å². The molecule has 1 N–H and O–H groups in total. The Morgan fingerprint density at radius 2 is 2.00 bits per heavy atom. The molecule has 0 spiro atoms. The average molecular weight is 267 g/mol. The molecule has 5 nitrogen and oxygen atoms in total. The molecule has 2 rings (SSSR count). The molecule has 7 heteroatoms. The second-order valence-corrected chi connectivity index (χ2v) is 5.18. The molecule has 1 aromatic heterocycles. The van der Waals surface area contributed by atoms with Gasteiger partial charge in [0, 0.05) is 5.54 Å². The first-order chi connectivity index (χ1) is 8.88. The topological polar surface area (TPSA) is 55.6 Å². The highest BCUT2D eigenvalue weighted by atomic mass is 19.2. The van der Waals surface area contributed by atoms with Gasteiger partial charge in [-0.3, -0.25) is 0 Å². The summed E-state index contributed by atoms with van der Waals surface area (Å²) >= 11 is 0. The fourth-order valence-corrected chi connectivity index (χ4v) is 1.50. The first-order valence-electron chi connectivity index (χ1n) is 5.85. The highest BCUT2D eigenvalue weighted by molar-refractivity contribution is 5.33. The molecular weight excluding hydrogens is 252 g/mol. The van der Waals surface area contributed by atoms with Crippen molar-refractivity contribution in [3.8, 4) is 5.69 Å². The zero-order chi connectivity index (χ0) is 14.0. The summed E-state index contributed by atoms with van der Waals surface area (Å²) in [5, 5.41) is 14.2. The third-order valence-electron chi connectivity index (χ3n) is 2.47. The lowest BCUT2D eigenvalue weighted by molar-refractivity contribution is 0.414. The lowest BCUT2D eigenvalue weighted by Crippen LogP contribution is -2.36. The largest absolute Gasteiger partial charge is 0.305 e. The van der Waals surface area contributed by atoms with Gasteiger partial charge in [-0.25, -0.2) is 8.78 Å². The maximum Gasteiger partial charge on any atom is 0.184 e. The lowest BCUT2D eigenvalue weighted by Gasteiger charge is -2.19. The monoisotopic (exact) mass is 267 g/mol. The van der Waals surface area contributed by atoms with Gasteiger partial charge >= 0.3 is 0 Å². The van der Waals surface area contributed by atoms with Crippen LogP contribution in [0, 0.1) is 11.6 Å². The van der Waals surface area contributed by atoms with Crippen LogP contribution in [-0.2, 0) is 6.54 Å². The highest BCUT2D eigenvalue weighted by Crippen LogP contribution is 2.16. The fourth-order valence-electron chi connectivity index (χ4n) is 1.50. The van der Waals surface area contributed by atoms with Crippen molar-refractivity contribution in [2.45, 2.75) is 32.9 Å². The predicted molar refractivity (Wildman–Crippen MR) is 65.7 cm³/mol. The molecule has 0 radical (unpaired) electrons. The Labute approximate surface area is 109 Å². The summed E-state index contributed by atoms with van der Waals surface area (Å²) in [6.07, 6.45) is 0. The Bertz CT molecular complexity index is 574. The van der Waals surface area contributed by atoms with Crippen LogP contribution >= 0.6 is 0 Å². The molecule has 0 amide bonds. The molecule has 0 aliphatic heterocycles. The maximum absolute atomic E-state index is 13.7. The van der Waals surface area contributed by atoms with Crippen LogP contribution in [0.25, 0.3) is 5.69 Å². The van der Waals surface area contributed by atoms with Crippen LogP contribution in [0.1, 0.15) is 26.6 Å². The summed E-state index contributed by atoms with van der Waals surface area (Å²) in [5.41, 5.74) is -0.132. The quantitative estimate of drug-likeness (QED) is 0.921. The van der Waals surface area contributed by atoms with Gasteiger partial charge in [0.1, 0.15) is 5.69 Å². The van der Waals surface area contributed by atoms with Gasteiger partial charge in [-0.2, -0.15) is 4.68 Å².